The van der Waals surface area contributed by atoms with Crippen LogP contribution >= 0.6 is 47.1 Å². The van der Waals surface area contributed by atoms with Crippen molar-refractivity contribution >= 4 is 53.0 Å². The summed E-state index contributed by atoms with van der Waals surface area (Å²) in [4.78, 5) is 6.01. The maximum atomic E-state index is 4.59. The lowest BCUT2D eigenvalue weighted by molar-refractivity contribution is 0.773. The van der Waals surface area contributed by atoms with E-state index in [0.29, 0.717) is 0 Å². The maximum absolute atomic E-state index is 4.59. The zero-order chi connectivity index (χ0) is 13.8. The molecule has 1 rings (SSSR count). The Balaban J connectivity index is 0.00000361. The van der Waals surface area contributed by atoms with Gasteiger partial charge < -0.3 is 10.6 Å². The van der Waals surface area contributed by atoms with Crippen molar-refractivity contribution in [3.05, 3.63) is 22.4 Å². The van der Waals surface area contributed by atoms with Crippen molar-refractivity contribution in [2.45, 2.75) is 26.2 Å². The third kappa shape index (κ3) is 9.88. The van der Waals surface area contributed by atoms with Crippen molar-refractivity contribution in [1.29, 1.82) is 0 Å². The molecule has 0 spiro atoms. The summed E-state index contributed by atoms with van der Waals surface area (Å²) in [6.45, 7) is 4.87. The molecule has 0 saturated carbocycles. The molecule has 0 amide bonds. The van der Waals surface area contributed by atoms with Crippen LogP contribution in [-0.2, 0) is 6.42 Å². The largest absolute Gasteiger partial charge is 0.357 e. The minimum absolute atomic E-state index is 0. The van der Waals surface area contributed by atoms with Crippen LogP contribution in [0.4, 0.5) is 0 Å². The number of hydrogen-bond donors (Lipinski definition) is 2. The topological polar surface area (TPSA) is 36.4 Å². The van der Waals surface area contributed by atoms with E-state index in [1.807, 2.05) is 23.1 Å². The molecule has 116 valence electrons. The van der Waals surface area contributed by atoms with E-state index in [9.17, 15) is 0 Å². The number of nitrogens with one attached hydrogen (secondary N) is 2. The van der Waals surface area contributed by atoms with Crippen LogP contribution < -0.4 is 10.6 Å². The van der Waals surface area contributed by atoms with Gasteiger partial charge in [-0.1, -0.05) is 6.07 Å². The summed E-state index contributed by atoms with van der Waals surface area (Å²) in [6.07, 6.45) is 5.63. The summed E-state index contributed by atoms with van der Waals surface area (Å²) in [5, 5.41) is 8.81. The first-order chi connectivity index (χ1) is 9.36. The molecule has 2 N–H and O–H groups in total. The summed E-state index contributed by atoms with van der Waals surface area (Å²) in [6, 6.07) is 4.28. The molecule has 0 aliphatic carbocycles. The molecular formula is C14H26IN3S2. The summed E-state index contributed by atoms with van der Waals surface area (Å²) in [5.41, 5.74) is 0. The van der Waals surface area contributed by atoms with Gasteiger partial charge in [0, 0.05) is 24.5 Å². The van der Waals surface area contributed by atoms with Gasteiger partial charge in [0.15, 0.2) is 5.96 Å². The first kappa shape index (κ1) is 20.1. The average Bonchev–Trinajstić information content (AvgIpc) is 2.91. The van der Waals surface area contributed by atoms with Crippen LogP contribution in [0.2, 0.25) is 0 Å². The van der Waals surface area contributed by atoms with Gasteiger partial charge in [-0.15, -0.1) is 35.3 Å². The molecule has 1 heterocycles. The Morgan fingerprint density at radius 2 is 2.20 bits per heavy atom. The SMILES string of the molecule is CCNC(=NCCCCSC)NCCc1cccs1.I. The van der Waals surface area contributed by atoms with Crippen LogP contribution in [0.5, 0.6) is 0 Å². The summed E-state index contributed by atoms with van der Waals surface area (Å²) >= 11 is 3.72. The average molecular weight is 427 g/mol. The molecule has 20 heavy (non-hydrogen) atoms. The Hall–Kier alpha value is 0.0500. The van der Waals surface area contributed by atoms with Crippen molar-refractivity contribution in [2.75, 3.05) is 31.6 Å². The van der Waals surface area contributed by atoms with Crippen molar-refractivity contribution in [2.24, 2.45) is 4.99 Å². The summed E-state index contributed by atoms with van der Waals surface area (Å²) in [5.74, 6) is 2.18. The number of thioether (sulfide) groups is 1. The molecule has 0 aromatic carbocycles. The van der Waals surface area contributed by atoms with Crippen molar-refractivity contribution in [3.63, 3.8) is 0 Å². The fourth-order valence-corrected chi connectivity index (χ4v) is 2.85. The van der Waals surface area contributed by atoms with Gasteiger partial charge in [0.25, 0.3) is 0 Å². The maximum Gasteiger partial charge on any atom is 0.191 e. The molecule has 0 atom stereocenters. The Kier molecular flexibility index (Phi) is 14.0. The van der Waals surface area contributed by atoms with Crippen LogP contribution in [0.3, 0.4) is 0 Å². The quantitative estimate of drug-likeness (QED) is 0.274. The number of nitrogens with zero attached hydrogens (tertiary/aromatic N) is 1. The van der Waals surface area contributed by atoms with Gasteiger partial charge in [-0.25, -0.2) is 0 Å². The zero-order valence-electron chi connectivity index (χ0n) is 12.4. The zero-order valence-corrected chi connectivity index (χ0v) is 16.3. The number of aliphatic imine (C=N–C) groups is 1. The highest BCUT2D eigenvalue weighted by molar-refractivity contribution is 14.0. The Morgan fingerprint density at radius 1 is 1.35 bits per heavy atom. The molecule has 1 aromatic heterocycles. The fourth-order valence-electron chi connectivity index (χ4n) is 1.65. The second-order valence-corrected chi connectivity index (χ2v) is 6.23. The number of unbranched alkanes of at least 4 members (excludes halogenated alkanes) is 1. The molecule has 0 saturated heterocycles. The van der Waals surface area contributed by atoms with E-state index >= 15 is 0 Å². The minimum atomic E-state index is 0. The van der Waals surface area contributed by atoms with Crippen LogP contribution in [0.25, 0.3) is 0 Å². The standard InChI is InChI=1S/C14H25N3S2.HI/c1-3-15-14(16-9-4-5-11-18-2)17-10-8-13-7-6-12-19-13;/h6-7,12H,3-5,8-11H2,1-2H3,(H2,15,16,17);1H. The number of guanidine groups is 1. The second-order valence-electron chi connectivity index (χ2n) is 4.22. The molecule has 0 radical (unpaired) electrons. The predicted octanol–water partition coefficient (Wildman–Crippen LogP) is 3.61. The van der Waals surface area contributed by atoms with E-state index in [2.05, 4.69) is 46.3 Å². The highest BCUT2D eigenvalue weighted by Crippen LogP contribution is 2.07. The molecular weight excluding hydrogens is 401 g/mol. The predicted molar refractivity (Wildman–Crippen MR) is 105 cm³/mol. The molecule has 0 unspecified atom stereocenters. The summed E-state index contributed by atoms with van der Waals surface area (Å²) in [7, 11) is 0. The fraction of sp³-hybridized carbons (Fsp3) is 0.643. The molecule has 1 aromatic rings. The highest BCUT2D eigenvalue weighted by atomic mass is 127. The third-order valence-corrected chi connectivity index (χ3v) is 4.25. The molecule has 0 aliphatic rings. The van der Waals surface area contributed by atoms with Crippen LogP contribution in [0, 0.1) is 0 Å². The first-order valence-corrected chi connectivity index (χ1v) is 9.17. The van der Waals surface area contributed by atoms with Gasteiger partial charge in [0.2, 0.25) is 0 Å². The lowest BCUT2D eigenvalue weighted by Crippen LogP contribution is -2.38. The number of halogens is 1. The normalized spacial score (nSPS) is 11.0. The third-order valence-electron chi connectivity index (χ3n) is 2.61. The molecule has 0 bridgehead atoms. The lowest BCUT2D eigenvalue weighted by atomic mass is 10.3. The van der Waals surface area contributed by atoms with E-state index in [1.54, 1.807) is 0 Å². The van der Waals surface area contributed by atoms with E-state index < -0.39 is 0 Å². The van der Waals surface area contributed by atoms with Crippen LogP contribution in [0.15, 0.2) is 22.5 Å². The Labute approximate surface area is 148 Å². The molecule has 0 aliphatic heterocycles. The molecule has 6 heteroatoms. The van der Waals surface area contributed by atoms with Crippen molar-refractivity contribution in [1.82, 2.24) is 10.6 Å². The van der Waals surface area contributed by atoms with Crippen LogP contribution in [-0.4, -0.2) is 37.6 Å². The van der Waals surface area contributed by atoms with Gasteiger partial charge in [-0.3, -0.25) is 4.99 Å². The lowest BCUT2D eigenvalue weighted by Gasteiger charge is -2.10. The van der Waals surface area contributed by atoms with Gasteiger partial charge in [-0.05, 0) is 49.6 Å². The van der Waals surface area contributed by atoms with E-state index in [1.165, 1.54) is 23.5 Å². The van der Waals surface area contributed by atoms with Gasteiger partial charge >= 0.3 is 0 Å². The minimum Gasteiger partial charge on any atom is -0.357 e. The van der Waals surface area contributed by atoms with Gasteiger partial charge in [0.05, 0.1) is 0 Å². The number of hydrogen-bond acceptors (Lipinski definition) is 3. The highest BCUT2D eigenvalue weighted by Gasteiger charge is 1.98. The van der Waals surface area contributed by atoms with Crippen molar-refractivity contribution in [3.8, 4) is 0 Å². The molecule has 3 nitrogen and oxygen atoms in total. The molecule has 0 fully saturated rings. The smallest absolute Gasteiger partial charge is 0.191 e. The van der Waals surface area contributed by atoms with Gasteiger partial charge in [-0.2, -0.15) is 11.8 Å². The monoisotopic (exact) mass is 427 g/mol. The van der Waals surface area contributed by atoms with E-state index in [0.717, 1.165) is 32.0 Å². The van der Waals surface area contributed by atoms with E-state index in [-0.39, 0.29) is 24.0 Å². The Bertz CT molecular complexity index is 342. The summed E-state index contributed by atoms with van der Waals surface area (Å²) < 4.78 is 0. The Morgan fingerprint density at radius 3 is 2.85 bits per heavy atom. The van der Waals surface area contributed by atoms with Crippen molar-refractivity contribution < 1.29 is 0 Å². The van der Waals surface area contributed by atoms with Crippen LogP contribution in [0.1, 0.15) is 24.6 Å². The van der Waals surface area contributed by atoms with Gasteiger partial charge in [0.1, 0.15) is 0 Å². The second kappa shape index (κ2) is 14.0. The van der Waals surface area contributed by atoms with E-state index in [4.69, 9.17) is 0 Å². The number of rotatable bonds is 9. The number of thiophene rings is 1. The first-order valence-electron chi connectivity index (χ1n) is 6.90.